The first kappa shape index (κ1) is 15.3. The first-order valence-corrected chi connectivity index (χ1v) is 8.52. The van der Waals surface area contributed by atoms with Crippen LogP contribution in [0.2, 0.25) is 0 Å². The molecule has 0 aromatic heterocycles. The van der Waals surface area contributed by atoms with Gasteiger partial charge in [-0.25, -0.2) is 0 Å². The molecule has 1 aliphatic carbocycles. The molecule has 1 unspecified atom stereocenters. The zero-order chi connectivity index (χ0) is 15.5. The lowest BCUT2D eigenvalue weighted by molar-refractivity contribution is -0.122. The summed E-state index contributed by atoms with van der Waals surface area (Å²) < 4.78 is 0. The van der Waals surface area contributed by atoms with Crippen LogP contribution in [0.3, 0.4) is 0 Å². The molecule has 3 atom stereocenters. The Morgan fingerprint density at radius 2 is 2.18 bits per heavy atom. The van der Waals surface area contributed by atoms with Gasteiger partial charge < -0.3 is 16.0 Å². The van der Waals surface area contributed by atoms with E-state index in [2.05, 4.69) is 41.4 Å². The average Bonchev–Trinajstić information content (AvgIpc) is 3.03. The van der Waals surface area contributed by atoms with Crippen molar-refractivity contribution in [3.63, 3.8) is 0 Å². The van der Waals surface area contributed by atoms with Crippen LogP contribution in [0, 0.1) is 5.92 Å². The number of benzene rings is 1. The van der Waals surface area contributed by atoms with Gasteiger partial charge in [0.05, 0.1) is 0 Å². The second-order valence-corrected chi connectivity index (χ2v) is 6.78. The molecule has 4 heteroatoms. The standard InChI is InChI=1S/C18H27N3O/c1-13-11-15-5-2-3-8-17(15)21(13)10-9-20-18(22)12-14-6-4-7-16(14)19/h2-3,5,8,13-14,16H,4,6-7,9-12,19H2,1H3,(H,20,22)/t13?,14-,16+/m0/s1. The lowest BCUT2D eigenvalue weighted by atomic mass is 10.00. The molecule has 1 heterocycles. The van der Waals surface area contributed by atoms with E-state index in [-0.39, 0.29) is 11.9 Å². The molecule has 0 saturated heterocycles. The van der Waals surface area contributed by atoms with Gasteiger partial charge >= 0.3 is 0 Å². The maximum absolute atomic E-state index is 12.1. The van der Waals surface area contributed by atoms with Gasteiger partial charge in [0, 0.05) is 37.3 Å². The van der Waals surface area contributed by atoms with Crippen molar-refractivity contribution in [1.82, 2.24) is 5.32 Å². The topological polar surface area (TPSA) is 58.4 Å². The zero-order valence-electron chi connectivity index (χ0n) is 13.4. The monoisotopic (exact) mass is 301 g/mol. The molecule has 0 bridgehead atoms. The van der Waals surface area contributed by atoms with Crippen molar-refractivity contribution in [3.05, 3.63) is 29.8 Å². The Hall–Kier alpha value is -1.55. The van der Waals surface area contributed by atoms with Crippen LogP contribution in [-0.2, 0) is 11.2 Å². The summed E-state index contributed by atoms with van der Waals surface area (Å²) in [5.41, 5.74) is 8.77. The third kappa shape index (κ3) is 3.27. The van der Waals surface area contributed by atoms with Crippen molar-refractivity contribution in [2.24, 2.45) is 11.7 Å². The second kappa shape index (κ2) is 6.69. The van der Waals surface area contributed by atoms with Crippen LogP contribution in [0.15, 0.2) is 24.3 Å². The summed E-state index contributed by atoms with van der Waals surface area (Å²) in [6.45, 7) is 3.83. The van der Waals surface area contributed by atoms with E-state index in [1.807, 2.05) is 0 Å². The molecule has 0 radical (unpaired) electrons. The zero-order valence-corrected chi connectivity index (χ0v) is 13.4. The lowest BCUT2D eigenvalue weighted by Crippen LogP contribution is -2.39. The molecule has 2 aliphatic rings. The van der Waals surface area contributed by atoms with Crippen LogP contribution in [0.5, 0.6) is 0 Å². The van der Waals surface area contributed by atoms with Gasteiger partial charge in [0.25, 0.3) is 0 Å². The first-order chi connectivity index (χ1) is 10.6. The first-order valence-electron chi connectivity index (χ1n) is 8.52. The van der Waals surface area contributed by atoms with Crippen LogP contribution in [0.1, 0.15) is 38.2 Å². The van der Waals surface area contributed by atoms with Crippen LogP contribution >= 0.6 is 0 Å². The minimum atomic E-state index is 0.155. The summed E-state index contributed by atoms with van der Waals surface area (Å²) in [6.07, 6.45) is 5.03. The number of rotatable bonds is 5. The highest BCUT2D eigenvalue weighted by Gasteiger charge is 2.27. The highest BCUT2D eigenvalue weighted by molar-refractivity contribution is 5.76. The van der Waals surface area contributed by atoms with E-state index in [0.717, 1.165) is 25.8 Å². The number of para-hydroxylation sites is 1. The van der Waals surface area contributed by atoms with E-state index in [1.54, 1.807) is 0 Å². The molecule has 1 fully saturated rings. The predicted molar refractivity (Wildman–Crippen MR) is 89.9 cm³/mol. The number of fused-ring (bicyclic) bond motifs is 1. The highest BCUT2D eigenvalue weighted by atomic mass is 16.1. The van der Waals surface area contributed by atoms with Gasteiger partial charge in [-0.1, -0.05) is 24.6 Å². The minimum absolute atomic E-state index is 0.155. The number of anilines is 1. The third-order valence-corrected chi connectivity index (χ3v) is 5.19. The van der Waals surface area contributed by atoms with Crippen LogP contribution in [0.4, 0.5) is 5.69 Å². The second-order valence-electron chi connectivity index (χ2n) is 6.78. The van der Waals surface area contributed by atoms with Gasteiger partial charge in [-0.15, -0.1) is 0 Å². The smallest absolute Gasteiger partial charge is 0.220 e. The summed E-state index contributed by atoms with van der Waals surface area (Å²) in [5, 5.41) is 3.07. The Labute approximate surface area is 133 Å². The van der Waals surface area contributed by atoms with Crippen LogP contribution in [0.25, 0.3) is 0 Å². The number of hydrogen-bond donors (Lipinski definition) is 2. The molecular formula is C18H27N3O. The normalized spacial score (nSPS) is 27.0. The Bertz CT molecular complexity index is 531. The molecule has 1 aromatic carbocycles. The average molecular weight is 301 g/mol. The molecule has 1 aromatic rings. The molecule has 4 nitrogen and oxygen atoms in total. The van der Waals surface area contributed by atoms with Gasteiger partial charge in [-0.3, -0.25) is 4.79 Å². The fraction of sp³-hybridized carbons (Fsp3) is 0.611. The number of nitrogens with zero attached hydrogens (tertiary/aromatic N) is 1. The number of hydrogen-bond acceptors (Lipinski definition) is 3. The molecular weight excluding hydrogens is 274 g/mol. The fourth-order valence-corrected chi connectivity index (χ4v) is 3.92. The van der Waals surface area contributed by atoms with E-state index in [0.29, 0.717) is 24.9 Å². The SMILES string of the molecule is CC1Cc2ccccc2N1CCNC(=O)C[C@@H]1CCC[C@H]1N. The van der Waals surface area contributed by atoms with Crippen LogP contribution < -0.4 is 16.0 Å². The van der Waals surface area contributed by atoms with Crippen molar-refractivity contribution >= 4 is 11.6 Å². The van der Waals surface area contributed by atoms with Crippen molar-refractivity contribution in [3.8, 4) is 0 Å². The number of carbonyl (C=O) groups is 1. The molecule has 3 N–H and O–H groups in total. The highest BCUT2D eigenvalue weighted by Crippen LogP contribution is 2.31. The number of nitrogens with two attached hydrogens (primary N) is 1. The third-order valence-electron chi connectivity index (χ3n) is 5.19. The van der Waals surface area contributed by atoms with Gasteiger partial charge in [-0.2, -0.15) is 0 Å². The Morgan fingerprint density at radius 1 is 1.36 bits per heavy atom. The maximum Gasteiger partial charge on any atom is 0.220 e. The van der Waals surface area contributed by atoms with Gasteiger partial charge in [-0.05, 0) is 43.7 Å². The predicted octanol–water partition coefficient (Wildman–Crippen LogP) is 2.07. The summed E-state index contributed by atoms with van der Waals surface area (Å²) in [7, 11) is 0. The van der Waals surface area contributed by atoms with Crippen molar-refractivity contribution < 1.29 is 4.79 Å². The number of carbonyl (C=O) groups excluding carboxylic acids is 1. The summed E-state index contributed by atoms with van der Waals surface area (Å²) in [6, 6.07) is 9.30. The Kier molecular flexibility index (Phi) is 4.67. The molecule has 22 heavy (non-hydrogen) atoms. The van der Waals surface area contributed by atoms with Crippen LogP contribution in [-0.4, -0.2) is 31.1 Å². The number of nitrogens with one attached hydrogen (secondary N) is 1. The molecule has 1 amide bonds. The largest absolute Gasteiger partial charge is 0.367 e. The molecule has 1 saturated carbocycles. The van der Waals surface area contributed by atoms with Crippen molar-refractivity contribution in [2.45, 2.75) is 51.1 Å². The minimum Gasteiger partial charge on any atom is -0.367 e. The summed E-state index contributed by atoms with van der Waals surface area (Å²) in [5.74, 6) is 0.536. The van der Waals surface area contributed by atoms with E-state index in [1.165, 1.54) is 17.7 Å². The lowest BCUT2D eigenvalue weighted by Gasteiger charge is -2.25. The fourth-order valence-electron chi connectivity index (χ4n) is 3.92. The quantitative estimate of drug-likeness (QED) is 0.875. The maximum atomic E-state index is 12.1. The van der Waals surface area contributed by atoms with E-state index >= 15 is 0 Å². The van der Waals surface area contributed by atoms with Gasteiger partial charge in [0.15, 0.2) is 0 Å². The van der Waals surface area contributed by atoms with E-state index < -0.39 is 0 Å². The molecule has 1 aliphatic heterocycles. The summed E-state index contributed by atoms with van der Waals surface area (Å²) >= 11 is 0. The molecule has 120 valence electrons. The molecule has 3 rings (SSSR count). The Balaban J connectivity index is 1.46. The van der Waals surface area contributed by atoms with E-state index in [4.69, 9.17) is 5.73 Å². The number of amides is 1. The van der Waals surface area contributed by atoms with Crippen molar-refractivity contribution in [2.75, 3.05) is 18.0 Å². The van der Waals surface area contributed by atoms with Crippen molar-refractivity contribution in [1.29, 1.82) is 0 Å². The van der Waals surface area contributed by atoms with Gasteiger partial charge in [0.1, 0.15) is 0 Å². The van der Waals surface area contributed by atoms with Gasteiger partial charge in [0.2, 0.25) is 5.91 Å². The van der Waals surface area contributed by atoms with E-state index in [9.17, 15) is 4.79 Å². The summed E-state index contributed by atoms with van der Waals surface area (Å²) in [4.78, 5) is 14.5. The Morgan fingerprint density at radius 3 is 2.95 bits per heavy atom. The molecule has 0 spiro atoms.